The van der Waals surface area contributed by atoms with Crippen molar-refractivity contribution in [1.82, 2.24) is 4.90 Å². The molecule has 1 atom stereocenters. The molecule has 0 radical (unpaired) electrons. The predicted molar refractivity (Wildman–Crippen MR) is 73.2 cm³/mol. The summed E-state index contributed by atoms with van der Waals surface area (Å²) in [6, 6.07) is 3.03. The molecule has 0 spiro atoms. The van der Waals surface area contributed by atoms with Crippen molar-refractivity contribution < 1.29 is 19.5 Å². The summed E-state index contributed by atoms with van der Waals surface area (Å²) in [6.45, 7) is 0. The average molecular weight is 307 g/mol. The van der Waals surface area contributed by atoms with Crippen LogP contribution in [-0.2, 0) is 6.42 Å². The normalized spacial score (nSPS) is 16.2. The van der Waals surface area contributed by atoms with Crippen molar-refractivity contribution in [2.45, 2.75) is 12.5 Å². The Morgan fingerprint density at radius 3 is 2.64 bits per heavy atom. The molecule has 114 valence electrons. The third kappa shape index (κ3) is 2.41. The van der Waals surface area contributed by atoms with E-state index in [-0.39, 0.29) is 6.42 Å². The molecular weight excluding hydrogens is 297 g/mol. The number of oxime groups is 1. The smallest absolute Gasteiger partial charge is 0.413 e. The summed E-state index contributed by atoms with van der Waals surface area (Å²) >= 11 is 0. The van der Waals surface area contributed by atoms with Crippen LogP contribution in [0, 0.1) is 21.5 Å². The van der Waals surface area contributed by atoms with Gasteiger partial charge in [-0.3, -0.25) is 15.7 Å². The highest BCUT2D eigenvalue weighted by molar-refractivity contribution is 6.66. The van der Waals surface area contributed by atoms with E-state index in [1.54, 1.807) is 0 Å². The second-order valence-corrected chi connectivity index (χ2v) is 4.45. The van der Waals surface area contributed by atoms with Crippen molar-refractivity contribution in [1.29, 1.82) is 10.8 Å². The minimum absolute atomic E-state index is 0.234. The first-order chi connectivity index (χ1) is 10.4. The molecule has 1 amide bonds. The van der Waals surface area contributed by atoms with E-state index in [0.29, 0.717) is 10.5 Å². The van der Waals surface area contributed by atoms with Gasteiger partial charge in [0.05, 0.1) is 6.04 Å². The number of benzene rings is 1. The Labute approximate surface area is 122 Å². The van der Waals surface area contributed by atoms with Gasteiger partial charge in [0, 0.05) is 0 Å². The lowest BCUT2D eigenvalue weighted by molar-refractivity contribution is 0.152. The zero-order valence-electron chi connectivity index (χ0n) is 10.9. The number of halogens is 1. The maximum Gasteiger partial charge on any atom is 0.413 e. The van der Waals surface area contributed by atoms with Gasteiger partial charge in [0.25, 0.3) is 5.84 Å². The van der Waals surface area contributed by atoms with Gasteiger partial charge in [-0.25, -0.2) is 9.18 Å². The summed E-state index contributed by atoms with van der Waals surface area (Å²) in [4.78, 5) is 22.2. The molecule has 0 bridgehead atoms. The number of hydrogen-bond acceptors (Lipinski definition) is 6. The third-order valence-corrected chi connectivity index (χ3v) is 3.28. The van der Waals surface area contributed by atoms with Crippen LogP contribution in [0.1, 0.15) is 17.2 Å². The molecule has 0 fully saturated rings. The quantitative estimate of drug-likeness (QED) is 0.222. The Bertz CT molecular complexity index is 717. The Morgan fingerprint density at radius 1 is 1.41 bits per heavy atom. The second-order valence-electron chi connectivity index (χ2n) is 4.45. The number of hydrogen-bond donors (Lipinski definition) is 4. The molecule has 0 aromatic heterocycles. The number of amidine groups is 2. The van der Waals surface area contributed by atoms with Crippen LogP contribution in [0.2, 0.25) is 0 Å². The van der Waals surface area contributed by atoms with Crippen LogP contribution in [0.4, 0.5) is 9.18 Å². The van der Waals surface area contributed by atoms with E-state index >= 15 is 0 Å². The molecule has 0 saturated carbocycles. The molecule has 22 heavy (non-hydrogen) atoms. The molecule has 10 heteroatoms. The lowest BCUT2D eigenvalue weighted by Gasteiger charge is -2.37. The largest absolute Gasteiger partial charge is 0.465 e. The Hall–Kier alpha value is -3.17. The maximum atomic E-state index is 13.2. The summed E-state index contributed by atoms with van der Waals surface area (Å²) in [7, 11) is 0. The van der Waals surface area contributed by atoms with Gasteiger partial charge in [0.15, 0.2) is 5.84 Å². The van der Waals surface area contributed by atoms with Gasteiger partial charge in [-0.1, -0.05) is 11.2 Å². The van der Waals surface area contributed by atoms with Crippen LogP contribution in [0.25, 0.3) is 0 Å². The summed E-state index contributed by atoms with van der Waals surface area (Å²) in [6.07, 6.45) is -1.32. The van der Waals surface area contributed by atoms with Crippen LogP contribution in [0.3, 0.4) is 0 Å². The first-order valence-electron chi connectivity index (χ1n) is 5.94. The van der Waals surface area contributed by atoms with Gasteiger partial charge in [-0.15, -0.1) is 4.91 Å². The molecule has 2 rings (SSSR count). The second kappa shape index (κ2) is 5.68. The van der Waals surface area contributed by atoms with E-state index in [1.807, 2.05) is 0 Å². The molecule has 1 aromatic carbocycles. The molecule has 4 N–H and O–H groups in total. The van der Waals surface area contributed by atoms with Crippen molar-refractivity contribution in [3.63, 3.8) is 0 Å². The molecule has 0 aliphatic heterocycles. The topological polar surface area (TPSA) is 150 Å². The zero-order chi connectivity index (χ0) is 16.4. The number of nitroso groups, excluding NO2 is 1. The van der Waals surface area contributed by atoms with E-state index in [2.05, 4.69) is 10.3 Å². The maximum absolute atomic E-state index is 13.2. The molecule has 1 aromatic rings. The summed E-state index contributed by atoms with van der Waals surface area (Å²) < 4.78 is 13.2. The van der Waals surface area contributed by atoms with Crippen molar-refractivity contribution in [2.24, 2.45) is 10.3 Å². The number of rotatable bonds is 3. The van der Waals surface area contributed by atoms with Crippen molar-refractivity contribution in [3.05, 3.63) is 40.1 Å². The Balaban J connectivity index is 2.33. The van der Waals surface area contributed by atoms with Crippen molar-refractivity contribution in [3.8, 4) is 0 Å². The fraction of sp³-hybridized carbons (Fsp3) is 0.167. The number of carboxylic acid groups (broad SMARTS) is 1. The molecular formula is C12H10FN5O4. The average Bonchev–Trinajstić information content (AvgIpc) is 2.47. The van der Waals surface area contributed by atoms with Crippen molar-refractivity contribution in [2.75, 3.05) is 0 Å². The molecule has 0 heterocycles. The number of fused-ring (bicyclic) bond motifs is 1. The summed E-state index contributed by atoms with van der Waals surface area (Å²) in [5.74, 6) is -2.46. The van der Waals surface area contributed by atoms with E-state index in [4.69, 9.17) is 16.0 Å². The van der Waals surface area contributed by atoms with Crippen LogP contribution in [0.5, 0.6) is 0 Å². The van der Waals surface area contributed by atoms with E-state index in [1.165, 1.54) is 12.1 Å². The highest BCUT2D eigenvalue weighted by Gasteiger charge is 2.39. The van der Waals surface area contributed by atoms with Crippen LogP contribution < -0.4 is 0 Å². The number of nitrogens with one attached hydrogen (secondary N) is 2. The third-order valence-electron chi connectivity index (χ3n) is 3.28. The highest BCUT2D eigenvalue weighted by atomic mass is 19.1. The van der Waals surface area contributed by atoms with Crippen molar-refractivity contribution >= 4 is 23.5 Å². The molecule has 9 nitrogen and oxygen atoms in total. The Morgan fingerprint density at radius 2 is 2.09 bits per heavy atom. The van der Waals surface area contributed by atoms with Gasteiger partial charge in [-0.2, -0.15) is 0 Å². The molecule has 1 unspecified atom stereocenters. The fourth-order valence-electron chi connectivity index (χ4n) is 2.20. The summed E-state index contributed by atoms with van der Waals surface area (Å²) in [5.41, 5.74) is 0.146. The van der Waals surface area contributed by atoms with E-state index in [9.17, 15) is 19.2 Å². The van der Waals surface area contributed by atoms with Gasteiger partial charge in [0.1, 0.15) is 11.5 Å². The summed E-state index contributed by atoms with van der Waals surface area (Å²) in [5, 5.41) is 37.6. The standard InChI is InChI=1S/C12H10FN5O4/c13-6-2-1-5-3-8(7(5)4-6)18(12(19)20)10(15)9(14)11(16-21)17-22/h1-2,4,8,14-15,21H,3H2,(H,19,20)/b14-9?,15-10?,16-11+. The lowest BCUT2D eigenvalue weighted by atomic mass is 9.82. The minimum Gasteiger partial charge on any atom is -0.465 e. The first kappa shape index (κ1) is 15.2. The Kier molecular flexibility index (Phi) is 3.93. The van der Waals surface area contributed by atoms with Gasteiger partial charge < -0.3 is 10.3 Å². The zero-order valence-corrected chi connectivity index (χ0v) is 10.9. The fourth-order valence-corrected chi connectivity index (χ4v) is 2.20. The number of amides is 1. The van der Waals surface area contributed by atoms with E-state index in [0.717, 1.165) is 11.6 Å². The highest BCUT2D eigenvalue weighted by Crippen LogP contribution is 2.38. The molecule has 1 aliphatic rings. The minimum atomic E-state index is -1.56. The number of nitrogens with zero attached hydrogens (tertiary/aromatic N) is 3. The molecule has 1 aliphatic carbocycles. The van der Waals surface area contributed by atoms with Crippen LogP contribution in [-0.4, -0.2) is 38.7 Å². The van der Waals surface area contributed by atoms with Crippen LogP contribution >= 0.6 is 0 Å². The lowest BCUT2D eigenvalue weighted by Crippen LogP contribution is -2.47. The predicted octanol–water partition coefficient (Wildman–Crippen LogP) is 1.95. The van der Waals surface area contributed by atoms with Gasteiger partial charge in [0.2, 0.25) is 0 Å². The molecule has 0 saturated heterocycles. The SMILES string of the molecule is N=C(C(=N)N(C(=O)O)C1Cc2ccc(F)cc21)/C(N=O)=N\O. The van der Waals surface area contributed by atoms with Gasteiger partial charge >= 0.3 is 6.09 Å². The van der Waals surface area contributed by atoms with Crippen LogP contribution in [0.15, 0.2) is 28.5 Å². The monoisotopic (exact) mass is 307 g/mol. The van der Waals surface area contributed by atoms with E-state index < -0.39 is 35.3 Å². The first-order valence-corrected chi connectivity index (χ1v) is 5.94. The van der Waals surface area contributed by atoms with Gasteiger partial charge in [-0.05, 0) is 34.9 Å². The number of carbonyl (C=O) groups is 1.